The second-order valence-electron chi connectivity index (χ2n) is 3.83. The summed E-state index contributed by atoms with van der Waals surface area (Å²) in [5.41, 5.74) is 1.21. The van der Waals surface area contributed by atoms with Crippen LogP contribution < -0.4 is 0 Å². The zero-order valence-corrected chi connectivity index (χ0v) is 10.2. The Hall–Kier alpha value is -1.68. The van der Waals surface area contributed by atoms with Gasteiger partial charge in [0.25, 0.3) is 0 Å². The fourth-order valence-corrected chi connectivity index (χ4v) is 1.85. The summed E-state index contributed by atoms with van der Waals surface area (Å²) in [4.78, 5) is 1.58. The fourth-order valence-electron chi connectivity index (χ4n) is 1.66. The number of likely N-dealkylation sites (N-methyl/N-ethyl adjacent to an activating group) is 1. The molecule has 2 rings (SSSR count). The van der Waals surface area contributed by atoms with Gasteiger partial charge in [-0.1, -0.05) is 18.2 Å². The molecule has 0 N–H and O–H groups in total. The van der Waals surface area contributed by atoms with E-state index in [2.05, 4.69) is 6.58 Å². The lowest BCUT2D eigenvalue weighted by Crippen LogP contribution is -2.18. The number of halogens is 4. The van der Waals surface area contributed by atoms with Crippen LogP contribution in [0.5, 0.6) is 0 Å². The SMILES string of the molecule is C=C1C(Cl)=CC=C(c2cc(F)c(F)c(F)c2)N1C. The van der Waals surface area contributed by atoms with Gasteiger partial charge in [-0.15, -0.1) is 0 Å². The Balaban J connectivity index is 2.53. The van der Waals surface area contributed by atoms with Gasteiger partial charge >= 0.3 is 0 Å². The molecule has 1 aromatic carbocycles. The van der Waals surface area contributed by atoms with Crippen molar-refractivity contribution in [2.75, 3.05) is 7.05 Å². The molecule has 0 radical (unpaired) electrons. The molecule has 1 nitrogen and oxygen atoms in total. The third-order valence-corrected chi connectivity index (χ3v) is 3.05. The van der Waals surface area contributed by atoms with E-state index in [0.29, 0.717) is 16.4 Å². The monoisotopic (exact) mass is 271 g/mol. The van der Waals surface area contributed by atoms with Crippen molar-refractivity contribution in [1.82, 2.24) is 4.90 Å². The van der Waals surface area contributed by atoms with Gasteiger partial charge in [-0.2, -0.15) is 0 Å². The average Bonchev–Trinajstić information content (AvgIpc) is 2.33. The molecule has 0 amide bonds. The normalized spacial score (nSPS) is 15.6. The second-order valence-corrected chi connectivity index (χ2v) is 4.23. The van der Waals surface area contributed by atoms with Gasteiger partial charge in [0.1, 0.15) is 0 Å². The van der Waals surface area contributed by atoms with E-state index < -0.39 is 17.5 Å². The minimum absolute atomic E-state index is 0.218. The first-order chi connectivity index (χ1) is 8.41. The maximum Gasteiger partial charge on any atom is 0.194 e. The highest BCUT2D eigenvalue weighted by atomic mass is 35.5. The van der Waals surface area contributed by atoms with E-state index in [1.165, 1.54) is 0 Å². The summed E-state index contributed by atoms with van der Waals surface area (Å²) in [7, 11) is 1.66. The zero-order valence-electron chi connectivity index (χ0n) is 9.48. The van der Waals surface area contributed by atoms with Crippen molar-refractivity contribution in [3.8, 4) is 0 Å². The summed E-state index contributed by atoms with van der Waals surface area (Å²) in [5.74, 6) is -3.94. The van der Waals surface area contributed by atoms with Gasteiger partial charge in [-0.3, -0.25) is 0 Å². The molecule has 1 aromatic rings. The van der Waals surface area contributed by atoms with Crippen LogP contribution in [0.25, 0.3) is 5.70 Å². The van der Waals surface area contributed by atoms with Crippen molar-refractivity contribution >= 4 is 17.3 Å². The molecule has 0 aromatic heterocycles. The zero-order chi connectivity index (χ0) is 13.4. The molecule has 5 heteroatoms. The maximum absolute atomic E-state index is 13.2. The van der Waals surface area contributed by atoms with E-state index in [1.54, 1.807) is 24.1 Å². The van der Waals surface area contributed by atoms with Crippen molar-refractivity contribution in [1.29, 1.82) is 0 Å². The molecule has 0 spiro atoms. The van der Waals surface area contributed by atoms with Crippen LogP contribution in [0.2, 0.25) is 0 Å². The third kappa shape index (κ3) is 2.04. The van der Waals surface area contributed by atoms with Crippen LogP contribution in [-0.2, 0) is 0 Å². The first-order valence-corrected chi connectivity index (χ1v) is 5.45. The van der Waals surface area contributed by atoms with E-state index >= 15 is 0 Å². The fraction of sp³-hybridized carbons (Fsp3) is 0.0769. The molecule has 18 heavy (non-hydrogen) atoms. The van der Waals surface area contributed by atoms with Gasteiger partial charge in [-0.25, -0.2) is 13.2 Å². The molecular weight excluding hydrogens is 263 g/mol. The van der Waals surface area contributed by atoms with Crippen LogP contribution in [0.4, 0.5) is 13.2 Å². The smallest absolute Gasteiger partial charge is 0.194 e. The largest absolute Gasteiger partial charge is 0.343 e. The predicted octanol–water partition coefficient (Wildman–Crippen LogP) is 4.03. The Morgan fingerprint density at radius 1 is 1.11 bits per heavy atom. The van der Waals surface area contributed by atoms with Gasteiger partial charge in [0.05, 0.1) is 10.7 Å². The van der Waals surface area contributed by atoms with E-state index in [-0.39, 0.29) is 5.56 Å². The number of rotatable bonds is 1. The van der Waals surface area contributed by atoms with Crippen LogP contribution in [0.1, 0.15) is 5.56 Å². The van der Waals surface area contributed by atoms with Crippen LogP contribution in [0.15, 0.2) is 41.6 Å². The van der Waals surface area contributed by atoms with E-state index in [9.17, 15) is 13.2 Å². The Kier molecular flexibility index (Phi) is 3.22. The maximum atomic E-state index is 13.2. The van der Waals surface area contributed by atoms with Gasteiger partial charge in [0, 0.05) is 18.3 Å². The summed E-state index contributed by atoms with van der Waals surface area (Å²) in [5, 5.41) is 0.435. The van der Waals surface area contributed by atoms with Crippen molar-refractivity contribution in [3.63, 3.8) is 0 Å². The van der Waals surface area contributed by atoms with Crippen molar-refractivity contribution in [2.24, 2.45) is 0 Å². The molecule has 1 aliphatic heterocycles. The number of hydrogen-bond donors (Lipinski definition) is 0. The number of hydrogen-bond acceptors (Lipinski definition) is 1. The first-order valence-electron chi connectivity index (χ1n) is 5.07. The summed E-state index contributed by atoms with van der Waals surface area (Å²) in [6, 6.07) is 1.86. The lowest BCUT2D eigenvalue weighted by atomic mass is 10.1. The van der Waals surface area contributed by atoms with Gasteiger partial charge in [0.2, 0.25) is 0 Å². The molecule has 1 aliphatic rings. The minimum atomic E-state index is -1.48. The molecule has 0 fully saturated rings. The molecule has 0 saturated carbocycles. The van der Waals surface area contributed by atoms with Crippen molar-refractivity contribution in [3.05, 3.63) is 64.6 Å². The third-order valence-electron chi connectivity index (χ3n) is 2.71. The van der Waals surface area contributed by atoms with E-state index in [1.807, 2.05) is 0 Å². The molecule has 0 bridgehead atoms. The lowest BCUT2D eigenvalue weighted by molar-refractivity contribution is 0.446. The highest BCUT2D eigenvalue weighted by Gasteiger charge is 2.19. The molecule has 94 valence electrons. The molecule has 0 saturated heterocycles. The number of benzene rings is 1. The van der Waals surface area contributed by atoms with Crippen molar-refractivity contribution < 1.29 is 13.2 Å². The lowest BCUT2D eigenvalue weighted by Gasteiger charge is -2.27. The van der Waals surface area contributed by atoms with Crippen LogP contribution >= 0.6 is 11.6 Å². The van der Waals surface area contributed by atoms with E-state index in [4.69, 9.17) is 11.6 Å². The topological polar surface area (TPSA) is 3.24 Å². The summed E-state index contributed by atoms with van der Waals surface area (Å²) in [6.07, 6.45) is 3.15. The van der Waals surface area contributed by atoms with Gasteiger partial charge < -0.3 is 4.90 Å². The highest BCUT2D eigenvalue weighted by Crippen LogP contribution is 2.31. The van der Waals surface area contributed by atoms with Gasteiger partial charge in [0.15, 0.2) is 17.5 Å². The van der Waals surface area contributed by atoms with E-state index in [0.717, 1.165) is 12.1 Å². The summed E-state index contributed by atoms with van der Waals surface area (Å²) in [6.45, 7) is 3.74. The van der Waals surface area contributed by atoms with Crippen LogP contribution in [0, 0.1) is 17.5 Å². The molecule has 0 aliphatic carbocycles. The van der Waals surface area contributed by atoms with Crippen molar-refractivity contribution in [2.45, 2.75) is 0 Å². The quantitative estimate of drug-likeness (QED) is 0.697. The molecule has 1 heterocycles. The first kappa shape index (κ1) is 12.8. The summed E-state index contributed by atoms with van der Waals surface area (Å²) >= 11 is 5.87. The predicted molar refractivity (Wildman–Crippen MR) is 65.1 cm³/mol. The van der Waals surface area contributed by atoms with Gasteiger partial charge in [-0.05, 0) is 24.3 Å². The van der Waals surface area contributed by atoms with Crippen LogP contribution in [-0.4, -0.2) is 11.9 Å². The molecular formula is C13H9ClF3N. The molecule has 0 unspecified atom stereocenters. The van der Waals surface area contributed by atoms with Crippen LogP contribution in [0.3, 0.4) is 0 Å². The average molecular weight is 272 g/mol. The Morgan fingerprint density at radius 2 is 1.67 bits per heavy atom. The second kappa shape index (κ2) is 4.53. The number of allylic oxidation sites excluding steroid dienone is 3. The Labute approximate surface area is 107 Å². The number of nitrogens with zero attached hydrogens (tertiary/aromatic N) is 1. The summed E-state index contributed by atoms with van der Waals surface area (Å²) < 4.78 is 39.2. The molecule has 0 atom stereocenters. The standard InChI is InChI=1S/C13H9ClF3N/c1-7-9(14)3-4-12(18(7)2)8-5-10(15)13(17)11(16)6-8/h3-6H,1H2,2H3. The minimum Gasteiger partial charge on any atom is -0.343 e. The Morgan fingerprint density at radius 3 is 2.22 bits per heavy atom. The highest BCUT2D eigenvalue weighted by molar-refractivity contribution is 6.32. The Bertz CT molecular complexity index is 567.